The van der Waals surface area contributed by atoms with Crippen LogP contribution in [0.4, 0.5) is 48.3 Å². The molecule has 0 saturated heterocycles. The highest BCUT2D eigenvalue weighted by Crippen LogP contribution is 2.39. The lowest BCUT2D eigenvalue weighted by Crippen LogP contribution is -2.64. The highest BCUT2D eigenvalue weighted by atomic mass is 32.2. The molecule has 0 aliphatic rings. The Balaban J connectivity index is 6.36. The average molecular weight is 535 g/mol. The first-order valence-corrected chi connectivity index (χ1v) is 9.16. The van der Waals surface area contributed by atoms with E-state index in [4.69, 9.17) is 4.55 Å². The highest BCUT2D eigenvalue weighted by Gasteiger charge is 2.68. The normalized spacial score (nSPS) is 16.5. The van der Waals surface area contributed by atoms with Crippen molar-refractivity contribution in [1.29, 1.82) is 0 Å². The van der Waals surface area contributed by atoms with Crippen LogP contribution in [0.1, 0.15) is 13.3 Å². The molecule has 0 rings (SSSR count). The van der Waals surface area contributed by atoms with Gasteiger partial charge in [0.1, 0.15) is 11.6 Å². The van der Waals surface area contributed by atoms with Crippen LogP contribution in [-0.4, -0.2) is 67.1 Å². The van der Waals surface area contributed by atoms with E-state index >= 15 is 0 Å². The van der Waals surface area contributed by atoms with Crippen LogP contribution in [0, 0.1) is 0 Å². The summed E-state index contributed by atoms with van der Waals surface area (Å²) in [5, 5.41) is -4.67. The summed E-state index contributed by atoms with van der Waals surface area (Å²) in [5.74, 6) is -11.6. The minimum atomic E-state index is -6.52. The molecule has 0 aromatic carbocycles. The Kier molecular flexibility index (Phi) is 8.92. The molecule has 0 aromatic rings. The number of rotatable bonds is 9. The number of halogens is 11. The predicted octanol–water partition coefficient (Wildman–Crippen LogP) is 2.86. The summed E-state index contributed by atoms with van der Waals surface area (Å²) in [4.78, 5) is 23.4. The summed E-state index contributed by atoms with van der Waals surface area (Å²) < 4.78 is 178. The zero-order valence-corrected chi connectivity index (χ0v) is 16.5. The van der Waals surface area contributed by atoms with Crippen molar-refractivity contribution in [3.05, 3.63) is 12.2 Å². The fourth-order valence-electron chi connectivity index (χ4n) is 1.53. The quantitative estimate of drug-likeness (QED) is 0.153. The Hall–Kier alpha value is -2.22. The van der Waals surface area contributed by atoms with Gasteiger partial charge in [-0.05, 0) is 6.92 Å². The first-order valence-electron chi connectivity index (χ1n) is 7.72. The number of alkyl halides is 11. The fourth-order valence-corrected chi connectivity index (χ4v) is 1.87. The van der Waals surface area contributed by atoms with Crippen LogP contribution < -0.4 is 5.32 Å². The second kappa shape index (κ2) is 9.57. The van der Waals surface area contributed by atoms with Gasteiger partial charge in [0.15, 0.2) is 0 Å². The SMILES string of the molecule is C=C(C(=O)OC(OCCC(F)(F)S(=O)(=O)O)(C(=O)NC(C)C(F)(F)F)C(F)(F)F)C(F)(F)F. The van der Waals surface area contributed by atoms with Gasteiger partial charge in [-0.15, -0.1) is 0 Å². The standard InChI is InChI=1S/C13H12F11NO7S/c1-5(11(16,17)18)7(26)32-10(13(22,23)24,8(27)25-6(2)12(19,20)21)31-4-3-9(14,15)33(28,29)30/h6H,1,3-4H2,2H3,(H,25,27)(H,28,29,30). The Bertz CT molecular complexity index is 863. The zero-order valence-electron chi connectivity index (χ0n) is 15.7. The molecule has 0 aliphatic heterocycles. The van der Waals surface area contributed by atoms with Crippen molar-refractivity contribution < 1.29 is 80.3 Å². The molecule has 0 heterocycles. The van der Waals surface area contributed by atoms with Crippen molar-refractivity contribution >= 4 is 22.0 Å². The maximum Gasteiger partial charge on any atom is 0.466 e. The highest BCUT2D eigenvalue weighted by molar-refractivity contribution is 7.86. The van der Waals surface area contributed by atoms with Crippen LogP contribution >= 0.6 is 0 Å². The lowest BCUT2D eigenvalue weighted by molar-refractivity contribution is -0.349. The van der Waals surface area contributed by atoms with Gasteiger partial charge < -0.3 is 14.8 Å². The molecule has 8 nitrogen and oxygen atoms in total. The van der Waals surface area contributed by atoms with Crippen molar-refractivity contribution in [1.82, 2.24) is 5.32 Å². The molecule has 0 aromatic heterocycles. The van der Waals surface area contributed by atoms with Gasteiger partial charge >= 0.3 is 51.6 Å². The molecular formula is C13H12F11NO7S. The summed E-state index contributed by atoms with van der Waals surface area (Å²) in [6.07, 6.45) is -20.2. The molecule has 20 heteroatoms. The largest absolute Gasteiger partial charge is 0.466 e. The summed E-state index contributed by atoms with van der Waals surface area (Å²) in [7, 11) is -6.28. The van der Waals surface area contributed by atoms with Crippen molar-refractivity contribution in [2.24, 2.45) is 0 Å². The number of carbonyl (C=O) groups is 2. The molecule has 0 spiro atoms. The van der Waals surface area contributed by atoms with E-state index in [1.54, 1.807) is 0 Å². The first-order chi connectivity index (χ1) is 14.3. The summed E-state index contributed by atoms with van der Waals surface area (Å²) in [5.41, 5.74) is -2.71. The predicted molar refractivity (Wildman–Crippen MR) is 80.8 cm³/mol. The Morgan fingerprint density at radius 2 is 1.45 bits per heavy atom. The lowest BCUT2D eigenvalue weighted by atomic mass is 10.2. The third-order valence-electron chi connectivity index (χ3n) is 3.41. The van der Waals surface area contributed by atoms with Gasteiger partial charge in [0.2, 0.25) is 0 Å². The van der Waals surface area contributed by atoms with Gasteiger partial charge in [-0.1, -0.05) is 6.58 Å². The maximum absolute atomic E-state index is 13.5. The van der Waals surface area contributed by atoms with Crippen LogP contribution in [0.2, 0.25) is 0 Å². The van der Waals surface area contributed by atoms with Gasteiger partial charge in [-0.3, -0.25) is 9.35 Å². The Morgan fingerprint density at radius 3 is 1.79 bits per heavy atom. The number of carbonyl (C=O) groups excluding carboxylic acids is 2. The number of esters is 1. The third-order valence-corrected chi connectivity index (χ3v) is 4.37. The minimum absolute atomic E-state index is 0.0436. The van der Waals surface area contributed by atoms with E-state index in [0.717, 1.165) is 0 Å². The van der Waals surface area contributed by atoms with Gasteiger partial charge in [-0.25, -0.2) is 4.79 Å². The molecule has 0 radical (unpaired) electrons. The molecule has 2 unspecified atom stereocenters. The number of amides is 1. The second-order valence-electron chi connectivity index (χ2n) is 5.93. The smallest absolute Gasteiger partial charge is 0.412 e. The van der Waals surface area contributed by atoms with Crippen molar-refractivity contribution in [2.45, 2.75) is 49.0 Å². The third kappa shape index (κ3) is 7.66. The van der Waals surface area contributed by atoms with E-state index in [2.05, 4.69) is 9.47 Å². The van der Waals surface area contributed by atoms with E-state index in [1.807, 2.05) is 6.58 Å². The molecule has 33 heavy (non-hydrogen) atoms. The first kappa shape index (κ1) is 30.8. The van der Waals surface area contributed by atoms with Crippen molar-refractivity contribution in [2.75, 3.05) is 6.61 Å². The average Bonchev–Trinajstić information content (AvgIpc) is 2.55. The minimum Gasteiger partial charge on any atom is -0.412 e. The molecule has 0 fully saturated rings. The van der Waals surface area contributed by atoms with E-state index in [9.17, 15) is 66.3 Å². The number of nitrogens with one attached hydrogen (secondary N) is 1. The zero-order chi connectivity index (χ0) is 26.8. The van der Waals surface area contributed by atoms with Gasteiger partial charge in [0, 0.05) is 0 Å². The second-order valence-corrected chi connectivity index (χ2v) is 7.48. The van der Waals surface area contributed by atoms with Gasteiger partial charge in [0.25, 0.3) is 0 Å². The van der Waals surface area contributed by atoms with Crippen LogP contribution in [-0.2, 0) is 29.2 Å². The van der Waals surface area contributed by atoms with E-state index in [1.165, 1.54) is 0 Å². The Morgan fingerprint density at radius 1 is 1.00 bits per heavy atom. The number of hydrogen-bond donors (Lipinski definition) is 2. The maximum atomic E-state index is 13.5. The van der Waals surface area contributed by atoms with E-state index in [0.29, 0.717) is 5.32 Å². The van der Waals surface area contributed by atoms with E-state index < -0.39 is 76.2 Å². The van der Waals surface area contributed by atoms with Gasteiger partial charge in [-0.2, -0.15) is 56.7 Å². The molecule has 0 aliphatic carbocycles. The summed E-state index contributed by atoms with van der Waals surface area (Å²) >= 11 is 0. The van der Waals surface area contributed by atoms with Crippen molar-refractivity contribution in [3.63, 3.8) is 0 Å². The topological polar surface area (TPSA) is 119 Å². The Labute approximate surface area is 176 Å². The van der Waals surface area contributed by atoms with Crippen LogP contribution in [0.15, 0.2) is 12.2 Å². The molecule has 1 amide bonds. The monoisotopic (exact) mass is 535 g/mol. The molecule has 194 valence electrons. The van der Waals surface area contributed by atoms with Crippen LogP contribution in [0.3, 0.4) is 0 Å². The van der Waals surface area contributed by atoms with Gasteiger partial charge in [0.05, 0.1) is 13.0 Å². The summed E-state index contributed by atoms with van der Waals surface area (Å²) in [6.45, 7) is -0.219. The molecule has 2 N–H and O–H groups in total. The number of ether oxygens (including phenoxy) is 2. The fraction of sp³-hybridized carbons (Fsp3) is 0.692. The van der Waals surface area contributed by atoms with E-state index in [-0.39, 0.29) is 6.92 Å². The molecule has 0 bridgehead atoms. The molecular weight excluding hydrogens is 523 g/mol. The van der Waals surface area contributed by atoms with Crippen LogP contribution in [0.25, 0.3) is 0 Å². The lowest BCUT2D eigenvalue weighted by Gasteiger charge is -2.34. The molecule has 2 atom stereocenters. The van der Waals surface area contributed by atoms with Crippen LogP contribution in [0.5, 0.6) is 0 Å². The number of hydrogen-bond acceptors (Lipinski definition) is 6. The summed E-state index contributed by atoms with van der Waals surface area (Å²) in [6, 6.07) is -3.17. The molecule has 0 saturated carbocycles. The van der Waals surface area contributed by atoms with Crippen molar-refractivity contribution in [3.8, 4) is 0 Å².